The lowest BCUT2D eigenvalue weighted by Crippen LogP contribution is -2.31. The Bertz CT molecular complexity index is 331. The zero-order valence-corrected chi connectivity index (χ0v) is 10.8. The monoisotopic (exact) mass is 255 g/mol. The quantitative estimate of drug-likeness (QED) is 0.745. The van der Waals surface area contributed by atoms with E-state index in [0.29, 0.717) is 19.1 Å². The van der Waals surface area contributed by atoms with Crippen LogP contribution in [0.25, 0.3) is 0 Å². The molecule has 102 valence electrons. The lowest BCUT2D eigenvalue weighted by molar-refractivity contribution is -0.145. The average Bonchev–Trinajstić information content (AvgIpc) is 2.89. The third kappa shape index (κ3) is 2.83. The first kappa shape index (κ1) is 13.3. The molecular weight excluding hydrogens is 234 g/mol. The number of hydrogen-bond donors (Lipinski definition) is 1. The number of amides is 1. The van der Waals surface area contributed by atoms with E-state index in [2.05, 4.69) is 0 Å². The summed E-state index contributed by atoms with van der Waals surface area (Å²) in [5, 5.41) is 9.77. The third-order valence-electron chi connectivity index (χ3n) is 4.02. The first-order valence-corrected chi connectivity index (χ1v) is 6.73. The van der Waals surface area contributed by atoms with Crippen molar-refractivity contribution in [3.05, 3.63) is 0 Å². The first-order chi connectivity index (χ1) is 8.61. The van der Waals surface area contributed by atoms with Gasteiger partial charge in [-0.1, -0.05) is 0 Å². The predicted molar refractivity (Wildman–Crippen MR) is 64.7 cm³/mol. The Morgan fingerprint density at radius 1 is 1.28 bits per heavy atom. The van der Waals surface area contributed by atoms with Gasteiger partial charge >= 0.3 is 5.97 Å². The van der Waals surface area contributed by atoms with Gasteiger partial charge in [0.25, 0.3) is 0 Å². The van der Waals surface area contributed by atoms with E-state index < -0.39 is 0 Å². The van der Waals surface area contributed by atoms with Crippen LogP contribution in [-0.2, 0) is 14.3 Å². The maximum absolute atomic E-state index is 11.9. The van der Waals surface area contributed by atoms with E-state index in [0.717, 1.165) is 19.4 Å². The van der Waals surface area contributed by atoms with Gasteiger partial charge in [-0.25, -0.2) is 0 Å². The van der Waals surface area contributed by atoms with Gasteiger partial charge in [0.15, 0.2) is 0 Å². The summed E-state index contributed by atoms with van der Waals surface area (Å²) >= 11 is 0. The molecule has 5 nitrogen and oxygen atoms in total. The molecule has 1 saturated carbocycles. The summed E-state index contributed by atoms with van der Waals surface area (Å²) in [6.45, 7) is 3.49. The first-order valence-electron chi connectivity index (χ1n) is 6.73. The zero-order valence-electron chi connectivity index (χ0n) is 10.8. The van der Waals surface area contributed by atoms with Crippen molar-refractivity contribution in [3.63, 3.8) is 0 Å². The minimum atomic E-state index is -0.315. The second kappa shape index (κ2) is 5.69. The van der Waals surface area contributed by atoms with Gasteiger partial charge in [0, 0.05) is 25.4 Å². The van der Waals surface area contributed by atoms with Crippen molar-refractivity contribution in [1.29, 1.82) is 0 Å². The third-order valence-corrected chi connectivity index (χ3v) is 4.02. The van der Waals surface area contributed by atoms with Crippen LogP contribution >= 0.6 is 0 Å². The molecular formula is C13H21NO4. The van der Waals surface area contributed by atoms with Crippen LogP contribution in [0.3, 0.4) is 0 Å². The summed E-state index contributed by atoms with van der Waals surface area (Å²) in [4.78, 5) is 24.9. The van der Waals surface area contributed by atoms with Gasteiger partial charge < -0.3 is 14.7 Å². The molecule has 3 atom stereocenters. The van der Waals surface area contributed by atoms with Crippen molar-refractivity contribution in [3.8, 4) is 0 Å². The molecule has 0 radical (unpaired) electrons. The van der Waals surface area contributed by atoms with Crippen LogP contribution in [0.2, 0.25) is 0 Å². The molecule has 2 fully saturated rings. The number of likely N-dealkylation sites (tertiary alicyclic amines) is 1. The van der Waals surface area contributed by atoms with Crippen LogP contribution in [-0.4, -0.2) is 47.7 Å². The summed E-state index contributed by atoms with van der Waals surface area (Å²) in [7, 11) is 0. The number of ether oxygens (including phenoxy) is 1. The largest absolute Gasteiger partial charge is 0.466 e. The fraction of sp³-hybridized carbons (Fsp3) is 0.846. The Hall–Kier alpha value is -1.10. The van der Waals surface area contributed by atoms with Crippen molar-refractivity contribution in [2.24, 2.45) is 11.8 Å². The molecule has 1 amide bonds. The molecule has 18 heavy (non-hydrogen) atoms. The van der Waals surface area contributed by atoms with Crippen LogP contribution in [0, 0.1) is 11.8 Å². The van der Waals surface area contributed by atoms with Gasteiger partial charge in [-0.3, -0.25) is 9.59 Å². The molecule has 0 aromatic carbocycles. The predicted octanol–water partition coefficient (Wildman–Crippen LogP) is 0.559. The fourth-order valence-corrected chi connectivity index (χ4v) is 3.04. The SMILES string of the molecule is CCOC(=O)CCC(=O)N1CC2CCC(O)C2C1. The number of aliphatic hydroxyl groups is 1. The normalized spacial score (nSPS) is 30.3. The van der Waals surface area contributed by atoms with Gasteiger partial charge in [0.1, 0.15) is 0 Å². The number of fused-ring (bicyclic) bond motifs is 1. The molecule has 3 unspecified atom stereocenters. The second-order valence-electron chi connectivity index (χ2n) is 5.17. The molecule has 1 heterocycles. The van der Waals surface area contributed by atoms with Crippen LogP contribution in [0.15, 0.2) is 0 Å². The van der Waals surface area contributed by atoms with Gasteiger partial charge in [0.2, 0.25) is 5.91 Å². The number of nitrogens with zero attached hydrogens (tertiary/aromatic N) is 1. The van der Waals surface area contributed by atoms with Gasteiger partial charge in [-0.15, -0.1) is 0 Å². The van der Waals surface area contributed by atoms with Gasteiger partial charge in [-0.2, -0.15) is 0 Å². The van der Waals surface area contributed by atoms with Crippen molar-refractivity contribution in [2.45, 2.75) is 38.7 Å². The molecule has 0 spiro atoms. The Kier molecular flexibility index (Phi) is 4.22. The fourth-order valence-electron chi connectivity index (χ4n) is 3.04. The molecule has 0 bridgehead atoms. The number of carbonyl (C=O) groups is 2. The van der Waals surface area contributed by atoms with E-state index >= 15 is 0 Å². The highest BCUT2D eigenvalue weighted by Crippen LogP contribution is 2.38. The van der Waals surface area contributed by atoms with Crippen LogP contribution in [0.1, 0.15) is 32.6 Å². The Balaban J connectivity index is 1.76. The molecule has 2 aliphatic rings. The Morgan fingerprint density at radius 2 is 2.06 bits per heavy atom. The maximum Gasteiger partial charge on any atom is 0.306 e. The van der Waals surface area contributed by atoms with E-state index in [9.17, 15) is 14.7 Å². The topological polar surface area (TPSA) is 66.8 Å². The van der Waals surface area contributed by atoms with Crippen molar-refractivity contribution < 1.29 is 19.4 Å². The minimum Gasteiger partial charge on any atom is -0.466 e. The molecule has 0 aromatic rings. The molecule has 2 rings (SSSR count). The van der Waals surface area contributed by atoms with Crippen LogP contribution in [0.4, 0.5) is 0 Å². The van der Waals surface area contributed by atoms with Crippen molar-refractivity contribution in [2.75, 3.05) is 19.7 Å². The maximum atomic E-state index is 11.9. The van der Waals surface area contributed by atoms with E-state index in [1.165, 1.54) is 0 Å². The van der Waals surface area contributed by atoms with Gasteiger partial charge in [0.05, 0.1) is 19.1 Å². The van der Waals surface area contributed by atoms with E-state index in [4.69, 9.17) is 4.74 Å². The second-order valence-corrected chi connectivity index (χ2v) is 5.17. The number of aliphatic hydroxyl groups excluding tert-OH is 1. The van der Waals surface area contributed by atoms with Crippen molar-refractivity contribution >= 4 is 11.9 Å². The van der Waals surface area contributed by atoms with Crippen LogP contribution in [0.5, 0.6) is 0 Å². The standard InChI is InChI=1S/C13H21NO4/c1-2-18-13(17)6-5-12(16)14-7-9-3-4-11(15)10(9)8-14/h9-11,15H,2-8H2,1H3. The summed E-state index contributed by atoms with van der Waals surface area (Å²) in [5.74, 6) is 0.387. The molecule has 1 aliphatic heterocycles. The van der Waals surface area contributed by atoms with E-state index in [1.807, 2.05) is 0 Å². The average molecular weight is 255 g/mol. The lowest BCUT2D eigenvalue weighted by atomic mass is 10.00. The lowest BCUT2D eigenvalue weighted by Gasteiger charge is -2.18. The zero-order chi connectivity index (χ0) is 13.1. The van der Waals surface area contributed by atoms with Gasteiger partial charge in [-0.05, 0) is 25.7 Å². The summed E-state index contributed by atoms with van der Waals surface area (Å²) in [5.41, 5.74) is 0. The summed E-state index contributed by atoms with van der Waals surface area (Å²) in [6.07, 6.45) is 1.99. The molecule has 1 aliphatic carbocycles. The molecule has 5 heteroatoms. The Morgan fingerprint density at radius 3 is 2.72 bits per heavy atom. The minimum absolute atomic E-state index is 0.00431. The highest BCUT2D eigenvalue weighted by Gasteiger charge is 2.43. The van der Waals surface area contributed by atoms with Crippen molar-refractivity contribution in [1.82, 2.24) is 4.90 Å². The number of rotatable bonds is 4. The summed E-state index contributed by atoms with van der Waals surface area (Å²) < 4.78 is 4.80. The smallest absolute Gasteiger partial charge is 0.306 e. The number of carbonyl (C=O) groups excluding carboxylic acids is 2. The number of esters is 1. The molecule has 1 N–H and O–H groups in total. The van der Waals surface area contributed by atoms with Crippen LogP contribution < -0.4 is 0 Å². The highest BCUT2D eigenvalue weighted by molar-refractivity contribution is 5.81. The van der Waals surface area contributed by atoms with E-state index in [-0.39, 0.29) is 36.7 Å². The summed E-state index contributed by atoms with van der Waals surface area (Å²) in [6, 6.07) is 0. The number of hydrogen-bond acceptors (Lipinski definition) is 4. The van der Waals surface area contributed by atoms with E-state index in [1.54, 1.807) is 11.8 Å². The molecule has 0 aromatic heterocycles. The highest BCUT2D eigenvalue weighted by atomic mass is 16.5. The Labute approximate surface area is 107 Å². The molecule has 1 saturated heterocycles.